The first kappa shape index (κ1) is 26.0. The van der Waals surface area contributed by atoms with Crippen LogP contribution in [0.25, 0.3) is 0 Å². The van der Waals surface area contributed by atoms with Gasteiger partial charge in [-0.3, -0.25) is 0 Å². The molecule has 0 spiro atoms. The number of unbranched alkanes of at least 4 members (excludes halogenated alkanes) is 15. The molecule has 0 saturated carbocycles. The molecule has 0 aliphatic carbocycles. The summed E-state index contributed by atoms with van der Waals surface area (Å²) in [5.74, 6) is 0. The van der Waals surface area contributed by atoms with Crippen LogP contribution in [0.1, 0.15) is 110 Å². The van der Waals surface area contributed by atoms with Gasteiger partial charge >= 0.3 is 0 Å². The molecule has 4 nitrogen and oxygen atoms in total. The zero-order chi connectivity index (χ0) is 21.2. The van der Waals surface area contributed by atoms with E-state index >= 15 is 0 Å². The second-order valence-electron chi connectivity index (χ2n) is 8.30. The van der Waals surface area contributed by atoms with Crippen LogP contribution in [0.2, 0.25) is 0 Å². The average Bonchev–Trinajstić information content (AvgIpc) is 2.70. The number of sulfonamides is 1. The summed E-state index contributed by atoms with van der Waals surface area (Å²) in [7, 11) is -3.60. The molecule has 0 heterocycles. The standard InChI is InChI=1S/C24H44N2O2S/c1-2-3-4-5-6-7-8-9-10-11-12-13-14-15-16-17-22-26-23-18-20-24(21-19-23)29(25,27)28/h18-21,26H,2-17,22H2,1H3,(H2,25,27,28). The lowest BCUT2D eigenvalue weighted by Crippen LogP contribution is -2.12. The molecule has 0 amide bonds. The third-order valence-corrected chi connectivity index (χ3v) is 6.47. The maximum Gasteiger partial charge on any atom is 0.238 e. The number of nitrogens with one attached hydrogen (secondary N) is 1. The molecule has 168 valence electrons. The van der Waals surface area contributed by atoms with Crippen LogP contribution < -0.4 is 10.5 Å². The van der Waals surface area contributed by atoms with Gasteiger partial charge in [-0.1, -0.05) is 103 Å². The molecule has 0 atom stereocenters. The Morgan fingerprint density at radius 1 is 0.655 bits per heavy atom. The highest BCUT2D eigenvalue weighted by Gasteiger charge is 2.06. The molecule has 0 fully saturated rings. The van der Waals surface area contributed by atoms with E-state index in [2.05, 4.69) is 12.2 Å². The molecule has 0 aliphatic rings. The number of rotatable bonds is 19. The van der Waals surface area contributed by atoms with Crippen LogP contribution in [0, 0.1) is 0 Å². The molecule has 0 radical (unpaired) electrons. The lowest BCUT2D eigenvalue weighted by molar-refractivity contribution is 0.530. The fourth-order valence-corrected chi connectivity index (χ4v) is 4.18. The third-order valence-electron chi connectivity index (χ3n) is 5.54. The first-order valence-electron chi connectivity index (χ1n) is 11.9. The summed E-state index contributed by atoms with van der Waals surface area (Å²) in [6.45, 7) is 3.20. The Morgan fingerprint density at radius 2 is 1.03 bits per heavy atom. The van der Waals surface area contributed by atoms with E-state index in [1.54, 1.807) is 24.3 Å². The molecule has 0 saturated heterocycles. The van der Waals surface area contributed by atoms with Crippen LogP contribution in [0.5, 0.6) is 0 Å². The predicted molar refractivity (Wildman–Crippen MR) is 126 cm³/mol. The number of nitrogens with two attached hydrogens (primary N) is 1. The van der Waals surface area contributed by atoms with E-state index in [1.807, 2.05) is 0 Å². The van der Waals surface area contributed by atoms with Crippen molar-refractivity contribution in [2.45, 2.75) is 115 Å². The summed E-state index contributed by atoms with van der Waals surface area (Å²) < 4.78 is 22.5. The first-order valence-corrected chi connectivity index (χ1v) is 13.5. The summed E-state index contributed by atoms with van der Waals surface area (Å²) in [5, 5.41) is 8.44. The Morgan fingerprint density at radius 3 is 1.41 bits per heavy atom. The molecule has 0 aliphatic heterocycles. The van der Waals surface area contributed by atoms with Crippen molar-refractivity contribution in [3.63, 3.8) is 0 Å². The lowest BCUT2D eigenvalue weighted by Gasteiger charge is -2.07. The number of benzene rings is 1. The molecule has 1 aromatic carbocycles. The minimum atomic E-state index is -3.60. The van der Waals surface area contributed by atoms with Crippen molar-refractivity contribution in [2.75, 3.05) is 11.9 Å². The highest BCUT2D eigenvalue weighted by Crippen LogP contribution is 2.15. The van der Waals surface area contributed by atoms with Gasteiger partial charge in [0.15, 0.2) is 0 Å². The van der Waals surface area contributed by atoms with Gasteiger partial charge in [-0.15, -0.1) is 0 Å². The van der Waals surface area contributed by atoms with E-state index in [0.717, 1.165) is 18.7 Å². The van der Waals surface area contributed by atoms with Crippen LogP contribution in [-0.4, -0.2) is 15.0 Å². The van der Waals surface area contributed by atoms with Crippen LogP contribution in [0.4, 0.5) is 5.69 Å². The van der Waals surface area contributed by atoms with Gasteiger partial charge in [0, 0.05) is 12.2 Å². The Labute approximate surface area is 180 Å². The Bertz CT molecular complexity index is 600. The van der Waals surface area contributed by atoms with Gasteiger partial charge in [-0.25, -0.2) is 13.6 Å². The molecule has 1 rings (SSSR count). The molecule has 0 aromatic heterocycles. The number of hydrogen-bond acceptors (Lipinski definition) is 3. The van der Waals surface area contributed by atoms with Crippen LogP contribution >= 0.6 is 0 Å². The zero-order valence-corrected chi connectivity index (χ0v) is 19.4. The Kier molecular flexibility index (Phi) is 15.0. The van der Waals surface area contributed by atoms with Crippen LogP contribution in [0.15, 0.2) is 29.2 Å². The largest absolute Gasteiger partial charge is 0.385 e. The summed E-state index contributed by atoms with van der Waals surface area (Å²) in [4.78, 5) is 0.158. The van der Waals surface area contributed by atoms with Crippen molar-refractivity contribution < 1.29 is 8.42 Å². The van der Waals surface area contributed by atoms with Gasteiger partial charge in [0.1, 0.15) is 0 Å². The quantitative estimate of drug-likeness (QED) is 0.235. The number of primary sulfonamides is 1. The normalized spacial score (nSPS) is 11.7. The second-order valence-corrected chi connectivity index (χ2v) is 9.86. The topological polar surface area (TPSA) is 72.2 Å². The van der Waals surface area contributed by atoms with Gasteiger partial charge in [0.25, 0.3) is 0 Å². The van der Waals surface area contributed by atoms with Crippen molar-refractivity contribution in [3.05, 3.63) is 24.3 Å². The zero-order valence-electron chi connectivity index (χ0n) is 18.6. The molecule has 5 heteroatoms. The SMILES string of the molecule is CCCCCCCCCCCCCCCCCCNc1ccc(S(N)(=O)=O)cc1. The third kappa shape index (κ3) is 14.5. The fraction of sp³-hybridized carbons (Fsp3) is 0.750. The summed E-state index contributed by atoms with van der Waals surface area (Å²) in [5.41, 5.74) is 0.943. The van der Waals surface area contributed by atoms with Crippen LogP contribution in [0.3, 0.4) is 0 Å². The van der Waals surface area contributed by atoms with E-state index < -0.39 is 10.0 Å². The van der Waals surface area contributed by atoms with Crippen LogP contribution in [-0.2, 0) is 10.0 Å². The highest BCUT2D eigenvalue weighted by atomic mass is 32.2. The maximum absolute atomic E-state index is 11.2. The summed E-state index contributed by atoms with van der Waals surface area (Å²) >= 11 is 0. The van der Waals surface area contributed by atoms with Gasteiger partial charge in [-0.05, 0) is 30.7 Å². The summed E-state index contributed by atoms with van der Waals surface area (Å²) in [6, 6.07) is 6.63. The molecular weight excluding hydrogens is 380 g/mol. The first-order chi connectivity index (χ1) is 14.0. The summed E-state index contributed by atoms with van der Waals surface area (Å²) in [6.07, 6.45) is 22.0. The predicted octanol–water partition coefficient (Wildman–Crippen LogP) is 7.01. The molecular formula is C24H44N2O2S. The lowest BCUT2D eigenvalue weighted by atomic mass is 10.0. The average molecular weight is 425 g/mol. The molecule has 1 aromatic rings. The van der Waals surface area contributed by atoms with Crippen molar-refractivity contribution in [2.24, 2.45) is 5.14 Å². The van der Waals surface area contributed by atoms with Gasteiger partial charge in [-0.2, -0.15) is 0 Å². The molecule has 3 N–H and O–H groups in total. The monoisotopic (exact) mass is 424 g/mol. The minimum Gasteiger partial charge on any atom is -0.385 e. The van der Waals surface area contributed by atoms with Gasteiger partial charge in [0.2, 0.25) is 10.0 Å². The van der Waals surface area contributed by atoms with Crippen molar-refractivity contribution in [1.29, 1.82) is 0 Å². The van der Waals surface area contributed by atoms with Gasteiger partial charge in [0.05, 0.1) is 4.90 Å². The molecule has 0 bridgehead atoms. The van der Waals surface area contributed by atoms with Gasteiger partial charge < -0.3 is 5.32 Å². The highest BCUT2D eigenvalue weighted by molar-refractivity contribution is 7.89. The second kappa shape index (κ2) is 16.7. The van der Waals surface area contributed by atoms with Crippen molar-refractivity contribution in [3.8, 4) is 0 Å². The number of anilines is 1. The Balaban J connectivity index is 1.83. The van der Waals surface area contributed by atoms with E-state index in [1.165, 1.54) is 96.3 Å². The Hall–Kier alpha value is -1.07. The van der Waals surface area contributed by atoms with Crippen molar-refractivity contribution >= 4 is 15.7 Å². The smallest absolute Gasteiger partial charge is 0.238 e. The van der Waals surface area contributed by atoms with E-state index in [9.17, 15) is 8.42 Å². The van der Waals surface area contributed by atoms with E-state index in [-0.39, 0.29) is 4.90 Å². The molecule has 0 unspecified atom stereocenters. The van der Waals surface area contributed by atoms with E-state index in [0.29, 0.717) is 0 Å². The van der Waals surface area contributed by atoms with Crippen molar-refractivity contribution in [1.82, 2.24) is 0 Å². The number of hydrogen-bond donors (Lipinski definition) is 2. The fourth-order valence-electron chi connectivity index (χ4n) is 3.67. The minimum absolute atomic E-state index is 0.158. The molecule has 29 heavy (non-hydrogen) atoms. The maximum atomic E-state index is 11.2. The van der Waals surface area contributed by atoms with E-state index in [4.69, 9.17) is 5.14 Å².